The zero-order valence-electron chi connectivity index (χ0n) is 11.4. The van der Waals surface area contributed by atoms with Gasteiger partial charge in [-0.25, -0.2) is 4.79 Å². The molecule has 0 aliphatic carbocycles. The number of methoxy groups -OCH3 is 1. The molecular weight excluding hydrogens is 238 g/mol. The minimum atomic E-state index is -0.692. The lowest BCUT2D eigenvalue weighted by atomic mass is 10.2. The molecule has 0 radical (unpaired) electrons. The molecule has 1 amide bonds. The minimum Gasteiger partial charge on any atom is -0.467 e. The lowest BCUT2D eigenvalue weighted by Gasteiger charge is -2.32. The van der Waals surface area contributed by atoms with Crippen LogP contribution in [0, 0.1) is 0 Å². The van der Waals surface area contributed by atoms with E-state index in [4.69, 9.17) is 9.47 Å². The van der Waals surface area contributed by atoms with Crippen molar-refractivity contribution >= 4 is 11.9 Å². The highest BCUT2D eigenvalue weighted by molar-refractivity contribution is 5.80. The third-order valence-corrected chi connectivity index (χ3v) is 2.51. The summed E-state index contributed by atoms with van der Waals surface area (Å²) in [6.07, 6.45) is -0.692. The van der Waals surface area contributed by atoms with Crippen LogP contribution in [0.15, 0.2) is 0 Å². The number of carbonyl (C=O) groups excluding carboxylic acids is 2. The number of nitrogens with zero attached hydrogens (tertiary/aromatic N) is 1. The van der Waals surface area contributed by atoms with E-state index in [1.54, 1.807) is 4.90 Å². The highest BCUT2D eigenvalue weighted by Crippen LogP contribution is 2.10. The van der Waals surface area contributed by atoms with Gasteiger partial charge in [-0.15, -0.1) is 0 Å². The lowest BCUT2D eigenvalue weighted by molar-refractivity contribution is -0.164. The van der Waals surface area contributed by atoms with Crippen LogP contribution in [-0.4, -0.2) is 61.9 Å². The number of morpholine rings is 1. The van der Waals surface area contributed by atoms with Crippen LogP contribution in [0.25, 0.3) is 0 Å². The normalized spacial score (nSPS) is 20.7. The highest BCUT2D eigenvalue weighted by atomic mass is 16.6. The summed E-state index contributed by atoms with van der Waals surface area (Å²) in [5, 5.41) is 0. The molecule has 1 unspecified atom stereocenters. The Kier molecular flexibility index (Phi) is 5.10. The van der Waals surface area contributed by atoms with Crippen LogP contribution >= 0.6 is 0 Å². The number of esters is 1. The Morgan fingerprint density at radius 3 is 2.61 bits per heavy atom. The van der Waals surface area contributed by atoms with Crippen LogP contribution in [0.5, 0.6) is 0 Å². The fourth-order valence-electron chi connectivity index (χ4n) is 1.52. The summed E-state index contributed by atoms with van der Waals surface area (Å²) in [7, 11) is 1.30. The van der Waals surface area contributed by atoms with Gasteiger partial charge < -0.3 is 19.1 Å². The second kappa shape index (κ2) is 6.15. The first-order chi connectivity index (χ1) is 8.33. The number of amides is 1. The predicted molar refractivity (Wildman–Crippen MR) is 64.0 cm³/mol. The Morgan fingerprint density at radius 1 is 1.39 bits per heavy atom. The molecule has 6 nitrogen and oxygen atoms in total. The van der Waals surface area contributed by atoms with Crippen molar-refractivity contribution in [3.8, 4) is 0 Å². The number of carbonyl (C=O) groups is 2. The smallest absolute Gasteiger partial charge is 0.336 e. The van der Waals surface area contributed by atoms with E-state index in [1.165, 1.54) is 7.11 Å². The number of hydrogen-bond acceptors (Lipinski definition) is 5. The van der Waals surface area contributed by atoms with E-state index in [9.17, 15) is 9.59 Å². The first-order valence-electron chi connectivity index (χ1n) is 5.94. The van der Waals surface area contributed by atoms with Crippen LogP contribution < -0.4 is 0 Å². The van der Waals surface area contributed by atoms with Gasteiger partial charge in [-0.3, -0.25) is 4.79 Å². The van der Waals surface area contributed by atoms with E-state index in [0.717, 1.165) is 0 Å². The molecule has 0 spiro atoms. The van der Waals surface area contributed by atoms with Crippen LogP contribution in [0.3, 0.4) is 0 Å². The van der Waals surface area contributed by atoms with Gasteiger partial charge in [0.1, 0.15) is 6.61 Å². The Balaban J connectivity index is 2.46. The molecule has 1 aliphatic rings. The lowest BCUT2D eigenvalue weighted by Crippen LogP contribution is -2.50. The molecule has 18 heavy (non-hydrogen) atoms. The standard InChI is InChI=1S/C12H21NO5/c1-12(2,3)18-8-10(14)13-5-6-17-9(7-13)11(15)16-4/h9H,5-8H2,1-4H3. The van der Waals surface area contributed by atoms with E-state index >= 15 is 0 Å². The van der Waals surface area contributed by atoms with E-state index in [0.29, 0.717) is 13.2 Å². The van der Waals surface area contributed by atoms with Gasteiger partial charge in [0, 0.05) is 6.54 Å². The molecule has 1 rings (SSSR count). The average molecular weight is 259 g/mol. The molecule has 1 aliphatic heterocycles. The van der Waals surface area contributed by atoms with Crippen molar-refractivity contribution in [2.75, 3.05) is 33.4 Å². The fourth-order valence-corrected chi connectivity index (χ4v) is 1.52. The van der Waals surface area contributed by atoms with Crippen LogP contribution in [0.1, 0.15) is 20.8 Å². The van der Waals surface area contributed by atoms with Gasteiger partial charge in [-0.2, -0.15) is 0 Å². The Labute approximate surface area is 107 Å². The van der Waals surface area contributed by atoms with Crippen molar-refractivity contribution in [1.82, 2.24) is 4.90 Å². The molecular formula is C12H21NO5. The molecule has 0 aromatic heterocycles. The van der Waals surface area contributed by atoms with Crippen molar-refractivity contribution in [2.45, 2.75) is 32.5 Å². The summed E-state index contributed by atoms with van der Waals surface area (Å²) < 4.78 is 15.3. The minimum absolute atomic E-state index is 0.0113. The van der Waals surface area contributed by atoms with Crippen LogP contribution in [-0.2, 0) is 23.8 Å². The summed E-state index contributed by atoms with van der Waals surface area (Å²) >= 11 is 0. The van der Waals surface area contributed by atoms with E-state index in [2.05, 4.69) is 4.74 Å². The van der Waals surface area contributed by atoms with Crippen molar-refractivity contribution in [1.29, 1.82) is 0 Å². The second-order valence-electron chi connectivity index (χ2n) is 5.12. The summed E-state index contributed by atoms with van der Waals surface area (Å²) in [5.41, 5.74) is -0.357. The SMILES string of the molecule is COC(=O)C1CN(C(=O)COC(C)(C)C)CCO1. The van der Waals surface area contributed by atoms with Gasteiger partial charge >= 0.3 is 5.97 Å². The Bertz CT molecular complexity index is 310. The second-order valence-corrected chi connectivity index (χ2v) is 5.12. The molecule has 0 N–H and O–H groups in total. The van der Waals surface area contributed by atoms with Gasteiger partial charge in [-0.05, 0) is 20.8 Å². The van der Waals surface area contributed by atoms with Crippen LogP contribution in [0.2, 0.25) is 0 Å². The highest BCUT2D eigenvalue weighted by Gasteiger charge is 2.30. The van der Waals surface area contributed by atoms with Gasteiger partial charge in [0.15, 0.2) is 6.10 Å². The fraction of sp³-hybridized carbons (Fsp3) is 0.833. The summed E-state index contributed by atoms with van der Waals surface area (Å²) in [6, 6.07) is 0. The number of ether oxygens (including phenoxy) is 3. The van der Waals surface area contributed by atoms with Gasteiger partial charge in [-0.1, -0.05) is 0 Å². The summed E-state index contributed by atoms with van der Waals surface area (Å²) in [6.45, 7) is 6.70. The maximum atomic E-state index is 11.9. The first kappa shape index (κ1) is 14.9. The van der Waals surface area contributed by atoms with Gasteiger partial charge in [0.05, 0.1) is 25.9 Å². The van der Waals surface area contributed by atoms with Crippen molar-refractivity contribution in [3.05, 3.63) is 0 Å². The Morgan fingerprint density at radius 2 is 2.06 bits per heavy atom. The zero-order valence-corrected chi connectivity index (χ0v) is 11.4. The zero-order chi connectivity index (χ0) is 13.8. The third kappa shape index (κ3) is 4.62. The topological polar surface area (TPSA) is 65.1 Å². The molecule has 0 saturated carbocycles. The Hall–Kier alpha value is -1.14. The summed E-state index contributed by atoms with van der Waals surface area (Å²) in [4.78, 5) is 24.8. The molecule has 6 heteroatoms. The van der Waals surface area contributed by atoms with E-state index in [1.807, 2.05) is 20.8 Å². The maximum Gasteiger partial charge on any atom is 0.336 e. The molecule has 0 aromatic rings. The van der Waals surface area contributed by atoms with Gasteiger partial charge in [0.2, 0.25) is 5.91 Å². The molecule has 1 saturated heterocycles. The quantitative estimate of drug-likeness (QED) is 0.677. The molecule has 0 bridgehead atoms. The monoisotopic (exact) mass is 259 g/mol. The average Bonchev–Trinajstić information content (AvgIpc) is 2.34. The predicted octanol–water partition coefficient (Wildman–Crippen LogP) is 0.202. The molecule has 104 valence electrons. The van der Waals surface area contributed by atoms with Crippen molar-refractivity contribution < 1.29 is 23.8 Å². The van der Waals surface area contributed by atoms with Crippen LogP contribution in [0.4, 0.5) is 0 Å². The van der Waals surface area contributed by atoms with Gasteiger partial charge in [0.25, 0.3) is 0 Å². The van der Waals surface area contributed by atoms with E-state index in [-0.39, 0.29) is 24.7 Å². The van der Waals surface area contributed by atoms with Crippen molar-refractivity contribution in [3.63, 3.8) is 0 Å². The first-order valence-corrected chi connectivity index (χ1v) is 5.94. The molecule has 1 atom stereocenters. The molecule has 0 aromatic carbocycles. The largest absolute Gasteiger partial charge is 0.467 e. The molecule has 1 heterocycles. The summed E-state index contributed by atoms with van der Waals surface area (Å²) in [5.74, 6) is -0.591. The number of hydrogen-bond donors (Lipinski definition) is 0. The molecule has 1 fully saturated rings. The van der Waals surface area contributed by atoms with E-state index < -0.39 is 12.1 Å². The maximum absolute atomic E-state index is 11.9. The third-order valence-electron chi connectivity index (χ3n) is 2.51. The van der Waals surface area contributed by atoms with Crippen molar-refractivity contribution in [2.24, 2.45) is 0 Å². The number of rotatable bonds is 3.